The van der Waals surface area contributed by atoms with Crippen LogP contribution in [-0.4, -0.2) is 48.0 Å². The summed E-state index contributed by atoms with van der Waals surface area (Å²) in [6.45, 7) is 3.98. The summed E-state index contributed by atoms with van der Waals surface area (Å²) in [7, 11) is 0. The van der Waals surface area contributed by atoms with Gasteiger partial charge in [-0.15, -0.1) is 0 Å². The first-order chi connectivity index (χ1) is 15.5. The SMILES string of the molecule is O=C(NCC1CC1)[C@@H]1Cc2cc([N+](=O)[O-])ccc2N2CCN(Cc3ccc(Cl)cc3)C[C@@H]12. The molecule has 8 heteroatoms. The maximum Gasteiger partial charge on any atom is 0.269 e. The molecule has 0 unspecified atom stereocenters. The largest absolute Gasteiger partial charge is 0.365 e. The van der Waals surface area contributed by atoms with Gasteiger partial charge in [-0.25, -0.2) is 0 Å². The van der Waals surface area contributed by atoms with Crippen LogP contribution in [0, 0.1) is 22.0 Å². The summed E-state index contributed by atoms with van der Waals surface area (Å²) in [5.41, 5.74) is 3.20. The Morgan fingerprint density at radius 1 is 1.16 bits per heavy atom. The third-order valence-electron chi connectivity index (χ3n) is 6.91. The standard InChI is InChI=1S/C24H27ClN4O3/c25-19-5-3-17(4-6-19)14-27-9-10-28-22-8-7-20(29(31)32)11-18(22)12-21(23(28)15-27)24(30)26-13-16-1-2-16/h3-8,11,16,21,23H,1-2,9-10,12-15H2,(H,26,30)/t21-,23+/m1/s1. The molecule has 0 spiro atoms. The van der Waals surface area contributed by atoms with E-state index >= 15 is 0 Å². The summed E-state index contributed by atoms with van der Waals surface area (Å²) in [5.74, 6) is 0.452. The Morgan fingerprint density at radius 2 is 1.94 bits per heavy atom. The van der Waals surface area contributed by atoms with Crippen LogP contribution in [0.25, 0.3) is 0 Å². The lowest BCUT2D eigenvalue weighted by molar-refractivity contribution is -0.384. The van der Waals surface area contributed by atoms with Gasteiger partial charge >= 0.3 is 0 Å². The average Bonchev–Trinajstić information content (AvgIpc) is 3.62. The van der Waals surface area contributed by atoms with Crippen molar-refractivity contribution in [2.75, 3.05) is 31.1 Å². The average molecular weight is 455 g/mol. The second-order valence-electron chi connectivity index (χ2n) is 9.19. The number of nitrogens with zero attached hydrogens (tertiary/aromatic N) is 3. The number of fused-ring (bicyclic) bond motifs is 3. The number of nitro groups is 1. The van der Waals surface area contributed by atoms with Gasteiger partial charge in [0.2, 0.25) is 5.91 Å². The number of hydrogen-bond acceptors (Lipinski definition) is 5. The Kier molecular flexibility index (Phi) is 5.78. The number of nitro benzene ring substituents is 1. The maximum absolute atomic E-state index is 13.2. The van der Waals surface area contributed by atoms with Crippen LogP contribution in [0.1, 0.15) is 24.0 Å². The quantitative estimate of drug-likeness (QED) is 0.532. The highest BCUT2D eigenvalue weighted by atomic mass is 35.5. The molecule has 0 radical (unpaired) electrons. The summed E-state index contributed by atoms with van der Waals surface area (Å²) in [4.78, 5) is 28.8. The molecule has 2 aliphatic heterocycles. The summed E-state index contributed by atoms with van der Waals surface area (Å²) in [6.07, 6.45) is 2.90. The van der Waals surface area contributed by atoms with Gasteiger partial charge < -0.3 is 10.2 Å². The molecule has 1 saturated carbocycles. The van der Waals surface area contributed by atoms with Gasteiger partial charge in [-0.3, -0.25) is 19.8 Å². The Bertz CT molecular complexity index is 1020. The van der Waals surface area contributed by atoms with Crippen LogP contribution in [0.3, 0.4) is 0 Å². The van der Waals surface area contributed by atoms with Crippen molar-refractivity contribution >= 4 is 28.9 Å². The predicted molar refractivity (Wildman–Crippen MR) is 124 cm³/mol. The predicted octanol–water partition coefficient (Wildman–Crippen LogP) is 3.64. The van der Waals surface area contributed by atoms with Gasteiger partial charge in [-0.2, -0.15) is 0 Å². The molecule has 0 aromatic heterocycles. The highest BCUT2D eigenvalue weighted by Gasteiger charge is 2.42. The van der Waals surface area contributed by atoms with E-state index in [1.807, 2.05) is 30.3 Å². The molecule has 1 N–H and O–H groups in total. The monoisotopic (exact) mass is 454 g/mol. The third-order valence-corrected chi connectivity index (χ3v) is 7.16. The number of rotatable bonds is 6. The number of carbonyl (C=O) groups is 1. The number of anilines is 1. The van der Waals surface area contributed by atoms with Crippen LogP contribution in [0.5, 0.6) is 0 Å². The summed E-state index contributed by atoms with van der Waals surface area (Å²) >= 11 is 6.03. The zero-order chi connectivity index (χ0) is 22.2. The van der Waals surface area contributed by atoms with Crippen LogP contribution in [-0.2, 0) is 17.8 Å². The molecule has 0 bridgehead atoms. The molecule has 3 aliphatic rings. The fraction of sp³-hybridized carbons (Fsp3) is 0.458. The molecule has 2 atom stereocenters. The van der Waals surface area contributed by atoms with Crippen LogP contribution < -0.4 is 10.2 Å². The molecule has 2 aromatic rings. The number of hydrogen-bond donors (Lipinski definition) is 1. The minimum Gasteiger partial charge on any atom is -0.365 e. The summed E-state index contributed by atoms with van der Waals surface area (Å²) < 4.78 is 0. The lowest BCUT2D eigenvalue weighted by Crippen LogP contribution is -2.61. The zero-order valence-corrected chi connectivity index (χ0v) is 18.6. The Hall–Kier alpha value is -2.64. The van der Waals surface area contributed by atoms with Gasteiger partial charge in [0.05, 0.1) is 16.9 Å². The number of nitrogens with one attached hydrogen (secondary N) is 1. The topological polar surface area (TPSA) is 78.7 Å². The Labute approximate surface area is 192 Å². The summed E-state index contributed by atoms with van der Waals surface area (Å²) in [6, 6.07) is 13.0. The second-order valence-corrected chi connectivity index (χ2v) is 9.63. The fourth-order valence-electron chi connectivity index (χ4n) is 4.97. The molecule has 1 saturated heterocycles. The second kappa shape index (κ2) is 8.71. The van der Waals surface area contributed by atoms with E-state index in [0.717, 1.165) is 49.0 Å². The number of halogens is 1. The molecule has 1 amide bonds. The van der Waals surface area contributed by atoms with E-state index in [2.05, 4.69) is 15.1 Å². The fourth-order valence-corrected chi connectivity index (χ4v) is 5.10. The first-order valence-corrected chi connectivity index (χ1v) is 11.6. The molecule has 1 aliphatic carbocycles. The van der Waals surface area contributed by atoms with Crippen LogP contribution in [0.15, 0.2) is 42.5 Å². The highest BCUT2D eigenvalue weighted by molar-refractivity contribution is 6.30. The minimum absolute atomic E-state index is 0.0456. The van der Waals surface area contributed by atoms with E-state index in [0.29, 0.717) is 12.3 Å². The van der Waals surface area contributed by atoms with Crippen molar-refractivity contribution in [3.63, 3.8) is 0 Å². The molecular formula is C24H27ClN4O3. The van der Waals surface area contributed by atoms with Crippen molar-refractivity contribution < 1.29 is 9.72 Å². The van der Waals surface area contributed by atoms with E-state index in [-0.39, 0.29) is 28.5 Å². The molecule has 5 rings (SSSR count). The van der Waals surface area contributed by atoms with Crippen LogP contribution in [0.2, 0.25) is 5.02 Å². The van der Waals surface area contributed by atoms with E-state index in [1.54, 1.807) is 12.1 Å². The molecule has 2 fully saturated rings. The first-order valence-electron chi connectivity index (χ1n) is 11.3. The van der Waals surface area contributed by atoms with Gasteiger partial charge in [0.1, 0.15) is 0 Å². The van der Waals surface area contributed by atoms with E-state index < -0.39 is 0 Å². The van der Waals surface area contributed by atoms with Gasteiger partial charge in [0.15, 0.2) is 0 Å². The normalized spacial score (nSPS) is 22.7. The Morgan fingerprint density at radius 3 is 2.66 bits per heavy atom. The minimum atomic E-state index is -0.363. The molecule has 32 heavy (non-hydrogen) atoms. The van der Waals surface area contributed by atoms with Crippen LogP contribution in [0.4, 0.5) is 11.4 Å². The van der Waals surface area contributed by atoms with Gasteiger partial charge in [-0.05, 0) is 54.5 Å². The number of piperazine rings is 1. The number of amides is 1. The first kappa shape index (κ1) is 21.2. The van der Waals surface area contributed by atoms with Crippen molar-refractivity contribution in [1.82, 2.24) is 10.2 Å². The third kappa shape index (κ3) is 4.45. The van der Waals surface area contributed by atoms with Gasteiger partial charge in [0.25, 0.3) is 5.69 Å². The number of non-ortho nitro benzene ring substituents is 1. The lowest BCUT2D eigenvalue weighted by atomic mass is 9.83. The molecule has 2 aromatic carbocycles. The van der Waals surface area contributed by atoms with Gasteiger partial charge in [-0.1, -0.05) is 23.7 Å². The zero-order valence-electron chi connectivity index (χ0n) is 17.9. The molecule has 7 nitrogen and oxygen atoms in total. The van der Waals surface area contributed by atoms with Crippen molar-refractivity contribution in [3.05, 3.63) is 68.7 Å². The molecule has 2 heterocycles. The van der Waals surface area contributed by atoms with Crippen molar-refractivity contribution in [3.8, 4) is 0 Å². The van der Waals surface area contributed by atoms with E-state index in [9.17, 15) is 14.9 Å². The maximum atomic E-state index is 13.2. The van der Waals surface area contributed by atoms with Crippen molar-refractivity contribution in [1.29, 1.82) is 0 Å². The van der Waals surface area contributed by atoms with Crippen LogP contribution >= 0.6 is 11.6 Å². The number of benzene rings is 2. The molecular weight excluding hydrogens is 428 g/mol. The van der Waals surface area contributed by atoms with Gasteiger partial charge in [0, 0.05) is 55.6 Å². The van der Waals surface area contributed by atoms with Crippen molar-refractivity contribution in [2.45, 2.75) is 31.8 Å². The van der Waals surface area contributed by atoms with E-state index in [4.69, 9.17) is 11.6 Å². The van der Waals surface area contributed by atoms with E-state index in [1.165, 1.54) is 18.4 Å². The number of carbonyl (C=O) groups excluding carboxylic acids is 1. The summed E-state index contributed by atoms with van der Waals surface area (Å²) in [5, 5.41) is 15.2. The Balaban J connectivity index is 1.39. The lowest BCUT2D eigenvalue weighted by Gasteiger charge is -2.49. The van der Waals surface area contributed by atoms with Crippen molar-refractivity contribution in [2.24, 2.45) is 11.8 Å². The smallest absolute Gasteiger partial charge is 0.269 e. The highest BCUT2D eigenvalue weighted by Crippen LogP contribution is 2.38. The molecule has 168 valence electrons.